The summed E-state index contributed by atoms with van der Waals surface area (Å²) >= 11 is 0. The predicted molar refractivity (Wildman–Crippen MR) is 328 cm³/mol. The van der Waals surface area contributed by atoms with Gasteiger partial charge in [-0.2, -0.15) is 0 Å². The zero-order valence-electron chi connectivity index (χ0n) is 56.0. The van der Waals surface area contributed by atoms with E-state index in [2.05, 4.69) is 64.1 Å². The van der Waals surface area contributed by atoms with E-state index < -0.39 is 36.0 Å². The molecule has 10 aromatic rings. The first-order valence-electron chi connectivity index (χ1n) is 27.9. The molecule has 0 aliphatic carbocycles. The number of aryl methyl sites for hydroxylation is 5. The molecule has 33 nitrogen and oxygen atoms in total. The van der Waals surface area contributed by atoms with Crippen molar-refractivity contribution >= 4 is 29.8 Å². The Bertz CT molecular complexity index is 3790. The number of nitrogens with zero attached hydrogens (tertiary/aromatic N) is 10. The molecule has 512 valence electrons. The number of esters is 3. The summed E-state index contributed by atoms with van der Waals surface area (Å²) in [6, 6.07) is 8.14. The SMILES string of the molecule is CC(O)c1ncco1.COC(=O)c1ncc(O)cc1C.COC(=O)c1ncc(O[C@@H](C)c2ncco2)cc1C.COC(=O)c1ncc(O[C@H](C)c2ncco2)cc1C.Cc1cc(O[C@@H](C)c2ncco2)cnc1C(=O)O.Cc1cc(O[C@H](C)c2ncco2)cnc1C(=O)O.[Li+].[Li+].[OH-].[OH-]. The molecule has 0 saturated heterocycles. The van der Waals surface area contributed by atoms with Gasteiger partial charge in [-0.1, -0.05) is 0 Å². The van der Waals surface area contributed by atoms with Gasteiger partial charge in [0, 0.05) is 0 Å². The van der Waals surface area contributed by atoms with Gasteiger partial charge in [0.15, 0.2) is 52.9 Å². The molecule has 10 rings (SSSR count). The van der Waals surface area contributed by atoms with Crippen LogP contribution in [0.2, 0.25) is 0 Å². The van der Waals surface area contributed by atoms with Crippen molar-refractivity contribution in [2.75, 3.05) is 21.3 Å². The molecule has 0 aromatic carbocycles. The Hall–Kier alpha value is -10.8. The van der Waals surface area contributed by atoms with Crippen molar-refractivity contribution in [2.24, 2.45) is 0 Å². The summed E-state index contributed by atoms with van der Waals surface area (Å²) in [6.45, 7) is 17.3. The fraction of sp³-hybridized carbons (Fsp3) is 0.286. The van der Waals surface area contributed by atoms with Crippen LogP contribution in [0.4, 0.5) is 0 Å². The van der Waals surface area contributed by atoms with Gasteiger partial charge in [0.2, 0.25) is 29.5 Å². The number of aromatic hydroxyl groups is 1. The summed E-state index contributed by atoms with van der Waals surface area (Å²) in [5, 5.41) is 35.5. The normalized spacial score (nSPS) is 11.4. The molecule has 0 spiro atoms. The summed E-state index contributed by atoms with van der Waals surface area (Å²) in [4.78, 5) is 94.5. The zero-order chi connectivity index (χ0) is 69.0. The van der Waals surface area contributed by atoms with Crippen molar-refractivity contribution in [3.8, 4) is 28.7 Å². The van der Waals surface area contributed by atoms with Crippen molar-refractivity contribution in [3.63, 3.8) is 0 Å². The average molecular weight is 1350 g/mol. The van der Waals surface area contributed by atoms with E-state index in [1.54, 1.807) is 92.0 Å². The van der Waals surface area contributed by atoms with Gasteiger partial charge >= 0.3 is 67.6 Å². The summed E-state index contributed by atoms with van der Waals surface area (Å²) in [5.41, 5.74) is 3.87. The molecule has 0 amide bonds. The molecule has 35 heteroatoms. The number of methoxy groups -OCH3 is 3. The Morgan fingerprint density at radius 3 is 0.776 bits per heavy atom. The molecule has 10 aromatic heterocycles. The smallest absolute Gasteiger partial charge is 0.870 e. The van der Waals surface area contributed by atoms with Gasteiger partial charge in [0.05, 0.1) is 83.3 Å². The number of aromatic nitrogens is 10. The number of hydrogen-bond acceptors (Lipinski definition) is 31. The van der Waals surface area contributed by atoms with Gasteiger partial charge in [-0.25, -0.2) is 73.8 Å². The van der Waals surface area contributed by atoms with Crippen molar-refractivity contribution in [1.29, 1.82) is 0 Å². The second-order valence-corrected chi connectivity index (χ2v) is 19.4. The van der Waals surface area contributed by atoms with Crippen molar-refractivity contribution in [3.05, 3.63) is 209 Å². The standard InChI is InChI=1S/2C13H14N2O4.2C12H12N2O4.C8H9NO3.C5H7NO2.2Li.2H2O/c2*1-8-6-10(7-15-11(8)13(16)17-3)19-9(2)12-14-4-5-18-12;2*1-7-5-9(6-14-10(7)12(15)16)18-8(2)11-13-3-4-17-11;1-5-3-6(10)4-9-7(5)8(11)12-2;1-4(7)5-6-2-3-8-5;;;;/h2*4-7,9H,1-3H3;2*3-6,8H,1-2H3,(H,15,16);3-4,10H,1-2H3;2-4,7H,1H3;;;2*1H2/q;;;;;;2*+1;;/p-2/t2*9-;2*8-;;;;;;/m1010....../s1. The minimum absolute atomic E-state index is 0. The monoisotopic (exact) mass is 1350 g/mol. The van der Waals surface area contributed by atoms with Gasteiger partial charge in [0.1, 0.15) is 66.2 Å². The summed E-state index contributed by atoms with van der Waals surface area (Å²) in [6.07, 6.45) is 19.9. The third-order valence-corrected chi connectivity index (χ3v) is 12.1. The number of carboxylic acid groups (broad SMARTS) is 2. The van der Waals surface area contributed by atoms with Crippen molar-refractivity contribution < 1.29 is 148 Å². The van der Waals surface area contributed by atoms with E-state index in [-0.39, 0.29) is 107 Å². The molecular weight excluding hydrogens is 1280 g/mol. The second kappa shape index (κ2) is 42.6. The number of rotatable bonds is 18. The Kier molecular flexibility index (Phi) is 37.1. The number of oxazole rings is 5. The molecular formula is C63H70Li2N10O23. The number of carboxylic acids is 2. The first-order chi connectivity index (χ1) is 44.8. The molecule has 0 bridgehead atoms. The number of carbonyl (C=O) groups is 5. The minimum Gasteiger partial charge on any atom is -0.870 e. The van der Waals surface area contributed by atoms with E-state index in [1.165, 1.54) is 108 Å². The number of ether oxygens (including phenoxy) is 7. The molecule has 0 saturated carbocycles. The van der Waals surface area contributed by atoms with E-state index >= 15 is 0 Å². The largest absolute Gasteiger partial charge is 1.00 e. The predicted octanol–water partition coefficient (Wildman–Crippen LogP) is 4.31. The van der Waals surface area contributed by atoms with Gasteiger partial charge in [-0.3, -0.25) is 0 Å². The van der Waals surface area contributed by atoms with E-state index in [4.69, 9.17) is 61.5 Å². The maximum Gasteiger partial charge on any atom is 1.00 e. The Labute approximate surface area is 584 Å². The minimum atomic E-state index is -1.06. The fourth-order valence-corrected chi connectivity index (χ4v) is 7.59. The molecule has 98 heavy (non-hydrogen) atoms. The molecule has 0 radical (unpaired) electrons. The topological polar surface area (TPSA) is 485 Å². The molecule has 10 heterocycles. The van der Waals surface area contributed by atoms with Crippen molar-refractivity contribution in [2.45, 2.75) is 99.8 Å². The van der Waals surface area contributed by atoms with Crippen LogP contribution in [0.5, 0.6) is 28.7 Å². The molecule has 0 fully saturated rings. The number of aromatic carboxylic acids is 2. The summed E-state index contributed by atoms with van der Waals surface area (Å²) < 4.78 is 61.4. The molecule has 0 aliphatic rings. The van der Waals surface area contributed by atoms with E-state index in [1.807, 2.05) is 13.8 Å². The number of hydrogen-bond donors (Lipinski definition) is 4. The van der Waals surface area contributed by atoms with Crippen LogP contribution < -0.4 is 56.7 Å². The van der Waals surface area contributed by atoms with Gasteiger partial charge in [-0.15, -0.1) is 0 Å². The molecule has 6 N–H and O–H groups in total. The maximum absolute atomic E-state index is 11.4. The van der Waals surface area contributed by atoms with Crippen LogP contribution in [0.15, 0.2) is 146 Å². The van der Waals surface area contributed by atoms with Crippen LogP contribution in [0, 0.1) is 34.6 Å². The average Bonchev–Trinajstić information content (AvgIpc) is 0.986. The number of aliphatic hydroxyl groups excluding tert-OH is 1. The van der Waals surface area contributed by atoms with Gasteiger partial charge in [-0.05, 0) is 127 Å². The van der Waals surface area contributed by atoms with Crippen LogP contribution in [-0.2, 0) is 14.2 Å². The third-order valence-electron chi connectivity index (χ3n) is 12.1. The molecule has 1 unspecified atom stereocenters. The first kappa shape index (κ1) is 85.2. The van der Waals surface area contributed by atoms with Crippen LogP contribution in [0.25, 0.3) is 0 Å². The number of carbonyl (C=O) groups excluding carboxylic acids is 3. The Balaban J connectivity index is 0.000000593. The van der Waals surface area contributed by atoms with Crippen LogP contribution >= 0.6 is 0 Å². The zero-order valence-corrected chi connectivity index (χ0v) is 56.0. The number of aliphatic hydroxyl groups is 1. The van der Waals surface area contributed by atoms with Crippen LogP contribution in [0.1, 0.15) is 175 Å². The second-order valence-electron chi connectivity index (χ2n) is 19.4. The van der Waals surface area contributed by atoms with Crippen LogP contribution in [-0.4, -0.2) is 132 Å². The fourth-order valence-electron chi connectivity index (χ4n) is 7.59. The first-order valence-corrected chi connectivity index (χ1v) is 27.9. The maximum atomic E-state index is 11.4. The van der Waals surface area contributed by atoms with Crippen molar-refractivity contribution in [1.82, 2.24) is 49.8 Å². The number of pyridine rings is 5. The Morgan fingerprint density at radius 1 is 0.367 bits per heavy atom. The van der Waals surface area contributed by atoms with E-state index in [0.29, 0.717) is 80.3 Å². The van der Waals surface area contributed by atoms with E-state index in [9.17, 15) is 24.0 Å². The van der Waals surface area contributed by atoms with E-state index in [0.717, 1.165) is 0 Å². The summed E-state index contributed by atoms with van der Waals surface area (Å²) in [5.74, 6) is 0.763. The van der Waals surface area contributed by atoms with Gasteiger partial charge < -0.3 is 86.6 Å². The molecule has 5 atom stereocenters. The third kappa shape index (κ3) is 26.4. The van der Waals surface area contributed by atoms with Gasteiger partial charge in [0.25, 0.3) is 0 Å². The summed E-state index contributed by atoms with van der Waals surface area (Å²) in [7, 11) is 3.92. The molecule has 0 aliphatic heterocycles. The Morgan fingerprint density at radius 2 is 0.592 bits per heavy atom. The van der Waals surface area contributed by atoms with Crippen LogP contribution in [0.3, 0.4) is 0 Å². The quantitative estimate of drug-likeness (QED) is 0.0528.